The summed E-state index contributed by atoms with van der Waals surface area (Å²) in [5, 5.41) is 53.9. The van der Waals surface area contributed by atoms with E-state index in [1.54, 1.807) is 6.08 Å². The number of ether oxygens (including phenoxy) is 2. The van der Waals surface area contributed by atoms with Gasteiger partial charge in [-0.25, -0.2) is 0 Å². The number of carbonyl (C=O) groups excluding carboxylic acids is 1. The Bertz CT molecular complexity index is 1100. The Hall–Kier alpha value is -2.11. The van der Waals surface area contributed by atoms with E-state index in [1.165, 1.54) is 109 Å². The second-order valence-electron chi connectivity index (χ2n) is 16.5. The molecule has 1 fully saturated rings. The van der Waals surface area contributed by atoms with Gasteiger partial charge in [0.2, 0.25) is 5.91 Å². The van der Waals surface area contributed by atoms with Crippen LogP contribution in [0.25, 0.3) is 0 Å². The Labute approximate surface area is 360 Å². The molecule has 342 valence electrons. The molecule has 0 aromatic rings. The number of nitrogens with one attached hydrogen (secondary N) is 1. The molecule has 0 aromatic heterocycles. The predicted octanol–water partition coefficient (Wildman–Crippen LogP) is 10.4. The Balaban J connectivity index is 2.12. The molecular weight excluding hydrogens is 743 g/mol. The number of amides is 1. The highest BCUT2D eigenvalue weighted by Gasteiger charge is 2.44. The number of hydrogen-bond acceptors (Lipinski definition) is 8. The SMILES string of the molecule is CC/C=C\C/C=C\C/C=C\C/C=C\CCCCCCCCCCCCCCCCCCC(=O)NC(COC1OC(CO)C(O)C(O)C1O)C(O)/C=C/CCCCCCC. The third-order valence-corrected chi connectivity index (χ3v) is 11.1. The fourth-order valence-corrected chi connectivity index (χ4v) is 7.26. The lowest BCUT2D eigenvalue weighted by atomic mass is 9.99. The van der Waals surface area contributed by atoms with Gasteiger partial charge in [-0.3, -0.25) is 4.79 Å². The summed E-state index contributed by atoms with van der Waals surface area (Å²) in [6, 6.07) is -0.802. The molecular formula is C50H89NO8. The average molecular weight is 832 g/mol. The summed E-state index contributed by atoms with van der Waals surface area (Å²) in [6.45, 7) is 3.59. The normalized spacial score (nSPS) is 21.2. The van der Waals surface area contributed by atoms with Crippen molar-refractivity contribution in [3.05, 3.63) is 60.8 Å². The van der Waals surface area contributed by atoms with Crippen molar-refractivity contribution in [2.45, 2.75) is 236 Å². The van der Waals surface area contributed by atoms with Crippen molar-refractivity contribution in [2.24, 2.45) is 0 Å². The first kappa shape index (κ1) is 54.9. The standard InChI is InChI=1S/C50H89NO8/c1-3-5-7-9-11-12-13-14-15-16-17-18-19-20-21-22-23-24-25-26-27-28-29-30-31-32-34-36-38-40-46(54)51-43(44(53)39-37-35-33-10-8-6-4-2)42-58-50-49(57)48(56)47(55)45(41-52)59-50/h5,7,11-12,14-15,17-18,37,39,43-45,47-50,52-53,55-57H,3-4,6,8-10,13,16,19-36,38,40-42H2,1-2H3,(H,51,54)/b7-5-,12-11-,15-14-,18-17-,39-37+. The van der Waals surface area contributed by atoms with Crippen molar-refractivity contribution < 1.29 is 39.8 Å². The third kappa shape index (κ3) is 30.6. The topological polar surface area (TPSA) is 149 Å². The first-order valence-electron chi connectivity index (χ1n) is 24.0. The van der Waals surface area contributed by atoms with E-state index in [-0.39, 0.29) is 12.5 Å². The van der Waals surface area contributed by atoms with Crippen molar-refractivity contribution in [3.63, 3.8) is 0 Å². The van der Waals surface area contributed by atoms with Gasteiger partial charge in [-0.2, -0.15) is 0 Å². The molecule has 0 aromatic carbocycles. The minimum Gasteiger partial charge on any atom is -0.394 e. The summed E-state index contributed by atoms with van der Waals surface area (Å²) in [7, 11) is 0. The lowest BCUT2D eigenvalue weighted by Crippen LogP contribution is -2.60. The summed E-state index contributed by atoms with van der Waals surface area (Å²) in [5.41, 5.74) is 0. The van der Waals surface area contributed by atoms with Gasteiger partial charge in [0.25, 0.3) is 0 Å². The second-order valence-corrected chi connectivity index (χ2v) is 16.5. The quantitative estimate of drug-likeness (QED) is 0.0265. The van der Waals surface area contributed by atoms with E-state index in [1.807, 2.05) is 6.08 Å². The Kier molecular flexibility index (Phi) is 37.2. The monoisotopic (exact) mass is 832 g/mol. The first-order chi connectivity index (χ1) is 28.8. The number of allylic oxidation sites excluding steroid dienone is 9. The van der Waals surface area contributed by atoms with Crippen LogP contribution in [0.5, 0.6) is 0 Å². The van der Waals surface area contributed by atoms with Crippen LogP contribution in [0.2, 0.25) is 0 Å². The van der Waals surface area contributed by atoms with E-state index < -0.39 is 49.5 Å². The average Bonchev–Trinajstić information content (AvgIpc) is 3.23. The van der Waals surface area contributed by atoms with Gasteiger partial charge in [-0.05, 0) is 57.8 Å². The molecule has 0 bridgehead atoms. The molecule has 9 heteroatoms. The molecule has 1 heterocycles. The maximum absolute atomic E-state index is 12.9. The summed E-state index contributed by atoms with van der Waals surface area (Å²) in [4.78, 5) is 12.9. The van der Waals surface area contributed by atoms with Gasteiger partial charge >= 0.3 is 0 Å². The maximum atomic E-state index is 12.9. The zero-order valence-electron chi connectivity index (χ0n) is 37.5. The van der Waals surface area contributed by atoms with E-state index >= 15 is 0 Å². The van der Waals surface area contributed by atoms with E-state index in [9.17, 15) is 30.3 Å². The van der Waals surface area contributed by atoms with E-state index in [0.717, 1.165) is 64.2 Å². The van der Waals surface area contributed by atoms with Crippen LogP contribution in [-0.2, 0) is 14.3 Å². The fourth-order valence-electron chi connectivity index (χ4n) is 7.26. The number of hydrogen-bond donors (Lipinski definition) is 6. The van der Waals surface area contributed by atoms with Crippen molar-refractivity contribution in [2.75, 3.05) is 13.2 Å². The molecule has 0 radical (unpaired) electrons. The molecule has 1 saturated heterocycles. The zero-order chi connectivity index (χ0) is 43.0. The molecule has 6 N–H and O–H groups in total. The van der Waals surface area contributed by atoms with Gasteiger partial charge in [-0.1, -0.05) is 190 Å². The van der Waals surface area contributed by atoms with Crippen molar-refractivity contribution >= 4 is 5.91 Å². The lowest BCUT2D eigenvalue weighted by molar-refractivity contribution is -0.302. The van der Waals surface area contributed by atoms with Crippen LogP contribution in [0, 0.1) is 0 Å². The number of aliphatic hydroxyl groups is 5. The van der Waals surface area contributed by atoms with Crippen molar-refractivity contribution in [1.82, 2.24) is 5.32 Å². The van der Waals surface area contributed by atoms with Crippen molar-refractivity contribution in [3.8, 4) is 0 Å². The first-order valence-corrected chi connectivity index (χ1v) is 24.0. The van der Waals surface area contributed by atoms with Gasteiger partial charge < -0.3 is 40.3 Å². The fraction of sp³-hybridized carbons (Fsp3) is 0.780. The molecule has 0 saturated carbocycles. The highest BCUT2D eigenvalue weighted by molar-refractivity contribution is 5.76. The van der Waals surface area contributed by atoms with Gasteiger partial charge in [0.05, 0.1) is 25.4 Å². The minimum absolute atomic E-state index is 0.183. The largest absolute Gasteiger partial charge is 0.394 e. The van der Waals surface area contributed by atoms with Crippen molar-refractivity contribution in [1.29, 1.82) is 0 Å². The smallest absolute Gasteiger partial charge is 0.220 e. The lowest BCUT2D eigenvalue weighted by Gasteiger charge is -2.40. The Morgan fingerprint density at radius 1 is 0.593 bits per heavy atom. The van der Waals surface area contributed by atoms with E-state index in [2.05, 4.69) is 67.8 Å². The minimum atomic E-state index is -1.56. The molecule has 9 nitrogen and oxygen atoms in total. The van der Waals surface area contributed by atoms with Gasteiger partial charge in [-0.15, -0.1) is 0 Å². The molecule has 7 unspecified atom stereocenters. The highest BCUT2D eigenvalue weighted by atomic mass is 16.7. The number of rotatable bonds is 39. The van der Waals surface area contributed by atoms with Crippen LogP contribution >= 0.6 is 0 Å². The maximum Gasteiger partial charge on any atom is 0.220 e. The number of unbranched alkanes of at least 4 members (excludes halogenated alkanes) is 21. The van der Waals surface area contributed by atoms with Crippen LogP contribution in [0.4, 0.5) is 0 Å². The molecule has 0 aliphatic carbocycles. The van der Waals surface area contributed by atoms with Crippen LogP contribution in [0.3, 0.4) is 0 Å². The molecule has 59 heavy (non-hydrogen) atoms. The van der Waals surface area contributed by atoms with Crippen LogP contribution in [0.15, 0.2) is 60.8 Å². The Morgan fingerprint density at radius 2 is 1.05 bits per heavy atom. The summed E-state index contributed by atoms with van der Waals surface area (Å²) < 4.78 is 11.2. The zero-order valence-corrected chi connectivity index (χ0v) is 37.5. The summed E-state index contributed by atoms with van der Waals surface area (Å²) >= 11 is 0. The van der Waals surface area contributed by atoms with E-state index in [0.29, 0.717) is 6.42 Å². The number of aliphatic hydroxyl groups excluding tert-OH is 5. The molecule has 1 aliphatic rings. The summed E-state index contributed by atoms with van der Waals surface area (Å²) in [5.74, 6) is -0.183. The third-order valence-electron chi connectivity index (χ3n) is 11.1. The van der Waals surface area contributed by atoms with Crippen LogP contribution in [0.1, 0.15) is 194 Å². The molecule has 1 amide bonds. The molecule has 7 atom stereocenters. The van der Waals surface area contributed by atoms with Gasteiger partial charge in [0, 0.05) is 6.42 Å². The summed E-state index contributed by atoms with van der Waals surface area (Å²) in [6.07, 6.45) is 45.9. The highest BCUT2D eigenvalue weighted by Crippen LogP contribution is 2.22. The van der Waals surface area contributed by atoms with E-state index in [4.69, 9.17) is 9.47 Å². The number of carbonyl (C=O) groups is 1. The van der Waals surface area contributed by atoms with Gasteiger partial charge in [0.15, 0.2) is 6.29 Å². The van der Waals surface area contributed by atoms with Gasteiger partial charge in [0.1, 0.15) is 24.4 Å². The van der Waals surface area contributed by atoms with Crippen LogP contribution < -0.4 is 5.32 Å². The second kappa shape index (κ2) is 40.0. The molecule has 0 spiro atoms. The molecule has 1 rings (SSSR count). The Morgan fingerprint density at radius 3 is 1.56 bits per heavy atom. The molecule has 1 aliphatic heterocycles. The predicted molar refractivity (Wildman–Crippen MR) is 244 cm³/mol. The van der Waals surface area contributed by atoms with Crippen LogP contribution in [-0.4, -0.2) is 87.5 Å².